The summed E-state index contributed by atoms with van der Waals surface area (Å²) >= 11 is 3.41. The van der Waals surface area contributed by atoms with Gasteiger partial charge >= 0.3 is 0 Å². The van der Waals surface area contributed by atoms with Gasteiger partial charge in [-0.2, -0.15) is 0 Å². The van der Waals surface area contributed by atoms with Crippen LogP contribution in [0.15, 0.2) is 33.8 Å². The Hall–Kier alpha value is -1.62. The van der Waals surface area contributed by atoms with Crippen LogP contribution >= 0.6 is 15.9 Å². The van der Waals surface area contributed by atoms with Crippen LogP contribution < -0.4 is 10.9 Å². The summed E-state index contributed by atoms with van der Waals surface area (Å²) in [6.07, 6.45) is 4.92. The minimum atomic E-state index is -0.0226. The van der Waals surface area contributed by atoms with E-state index in [-0.39, 0.29) is 11.6 Å². The Balaban J connectivity index is 1.89. The molecule has 0 bridgehead atoms. The number of fused-ring (bicyclic) bond motifs is 1. The highest BCUT2D eigenvalue weighted by molar-refractivity contribution is 9.10. The molecular formula is C15H16BrN3O. The Labute approximate surface area is 125 Å². The molecule has 20 heavy (non-hydrogen) atoms. The molecule has 2 heterocycles. The summed E-state index contributed by atoms with van der Waals surface area (Å²) < 4.78 is 0.872. The van der Waals surface area contributed by atoms with Crippen molar-refractivity contribution in [1.29, 1.82) is 0 Å². The summed E-state index contributed by atoms with van der Waals surface area (Å²) in [6, 6.07) is 5.85. The van der Waals surface area contributed by atoms with Crippen molar-refractivity contribution in [3.8, 4) is 0 Å². The molecule has 0 fully saturated rings. The average Bonchev–Trinajstić information content (AvgIpc) is 2.43. The molecule has 104 valence electrons. The third kappa shape index (κ3) is 2.63. The normalized spacial score (nSPS) is 17.6. The van der Waals surface area contributed by atoms with Gasteiger partial charge in [-0.25, -0.2) is 4.98 Å². The van der Waals surface area contributed by atoms with Gasteiger partial charge in [0.25, 0.3) is 0 Å². The number of nitrogens with one attached hydrogen (secondary N) is 2. The fraction of sp³-hybridized carbons (Fsp3) is 0.333. The van der Waals surface area contributed by atoms with Gasteiger partial charge in [-0.1, -0.05) is 0 Å². The van der Waals surface area contributed by atoms with Crippen molar-refractivity contribution < 1.29 is 0 Å². The zero-order chi connectivity index (χ0) is 14.1. The van der Waals surface area contributed by atoms with E-state index in [1.165, 1.54) is 5.56 Å². The maximum atomic E-state index is 11.4. The van der Waals surface area contributed by atoms with Crippen molar-refractivity contribution in [3.63, 3.8) is 0 Å². The highest BCUT2D eigenvalue weighted by Gasteiger charge is 2.20. The molecule has 2 aromatic heterocycles. The zero-order valence-electron chi connectivity index (χ0n) is 11.2. The fourth-order valence-corrected chi connectivity index (χ4v) is 2.91. The second-order valence-corrected chi connectivity index (χ2v) is 5.93. The minimum Gasteiger partial charge on any atom is -0.377 e. The van der Waals surface area contributed by atoms with E-state index < -0.39 is 0 Å². The van der Waals surface area contributed by atoms with Gasteiger partial charge in [0.05, 0.1) is 17.9 Å². The molecule has 0 amide bonds. The lowest BCUT2D eigenvalue weighted by Crippen LogP contribution is -2.21. The predicted molar refractivity (Wildman–Crippen MR) is 83.0 cm³/mol. The van der Waals surface area contributed by atoms with E-state index >= 15 is 0 Å². The van der Waals surface area contributed by atoms with Gasteiger partial charge in [-0.15, -0.1) is 0 Å². The summed E-state index contributed by atoms with van der Waals surface area (Å²) in [5.41, 5.74) is 4.34. The van der Waals surface area contributed by atoms with Gasteiger partial charge < -0.3 is 10.3 Å². The fourth-order valence-electron chi connectivity index (χ4n) is 2.69. The minimum absolute atomic E-state index is 0.0226. The Morgan fingerprint density at radius 3 is 3.10 bits per heavy atom. The second kappa shape index (κ2) is 5.40. The number of aryl methyl sites for hydroxylation is 2. The summed E-state index contributed by atoms with van der Waals surface area (Å²) in [7, 11) is 0. The summed E-state index contributed by atoms with van der Waals surface area (Å²) in [4.78, 5) is 18.7. The number of aromatic nitrogens is 2. The molecule has 1 unspecified atom stereocenters. The van der Waals surface area contributed by atoms with Crippen LogP contribution in [0.5, 0.6) is 0 Å². The van der Waals surface area contributed by atoms with E-state index in [4.69, 9.17) is 0 Å². The molecule has 0 radical (unpaired) electrons. The maximum absolute atomic E-state index is 11.4. The highest BCUT2D eigenvalue weighted by atomic mass is 79.9. The largest absolute Gasteiger partial charge is 0.377 e. The van der Waals surface area contributed by atoms with Crippen molar-refractivity contribution in [2.45, 2.75) is 32.2 Å². The van der Waals surface area contributed by atoms with Gasteiger partial charge in [0, 0.05) is 11.8 Å². The van der Waals surface area contributed by atoms with Crippen LogP contribution in [0.2, 0.25) is 0 Å². The zero-order valence-corrected chi connectivity index (χ0v) is 12.8. The van der Waals surface area contributed by atoms with E-state index in [0.29, 0.717) is 0 Å². The summed E-state index contributed by atoms with van der Waals surface area (Å²) in [6.45, 7) is 2.02. The first-order valence-corrected chi connectivity index (χ1v) is 7.53. The molecule has 2 N–H and O–H groups in total. The number of pyridine rings is 2. The Morgan fingerprint density at radius 1 is 1.45 bits per heavy atom. The molecule has 0 spiro atoms. The van der Waals surface area contributed by atoms with E-state index in [1.54, 1.807) is 6.07 Å². The van der Waals surface area contributed by atoms with Crippen molar-refractivity contribution in [2.75, 3.05) is 5.32 Å². The lowest BCUT2D eigenvalue weighted by Gasteiger charge is -2.26. The van der Waals surface area contributed by atoms with Crippen molar-refractivity contribution in [3.05, 3.63) is 56.2 Å². The second-order valence-electron chi connectivity index (χ2n) is 5.18. The molecule has 1 aliphatic carbocycles. The van der Waals surface area contributed by atoms with E-state index in [9.17, 15) is 4.79 Å². The number of halogens is 1. The van der Waals surface area contributed by atoms with E-state index in [1.807, 2.05) is 19.2 Å². The Kier molecular flexibility index (Phi) is 3.61. The third-order valence-corrected chi connectivity index (χ3v) is 4.52. The van der Waals surface area contributed by atoms with Crippen LogP contribution in [0, 0.1) is 6.92 Å². The third-order valence-electron chi connectivity index (χ3n) is 3.69. The quantitative estimate of drug-likeness (QED) is 0.829. The standard InChI is InChI=1S/C15H16BrN3O/c1-9-7-10(8-17-15(9)16)18-12-3-2-4-13-11(12)5-6-14(20)19-13/h5-8,12,18H,2-4H2,1H3,(H,19,20). The van der Waals surface area contributed by atoms with Crippen LogP contribution in [-0.4, -0.2) is 9.97 Å². The molecule has 1 atom stereocenters. The molecule has 4 nitrogen and oxygen atoms in total. The topological polar surface area (TPSA) is 57.8 Å². The molecule has 3 rings (SSSR count). The van der Waals surface area contributed by atoms with Crippen LogP contribution in [0.1, 0.15) is 35.7 Å². The SMILES string of the molecule is Cc1cc(NC2CCCc3[nH]c(=O)ccc32)cnc1Br. The van der Waals surface area contributed by atoms with Crippen LogP contribution in [0.25, 0.3) is 0 Å². The van der Waals surface area contributed by atoms with Crippen LogP contribution in [-0.2, 0) is 6.42 Å². The molecule has 0 aromatic carbocycles. The number of hydrogen-bond donors (Lipinski definition) is 2. The van der Waals surface area contributed by atoms with Crippen LogP contribution in [0.4, 0.5) is 5.69 Å². The molecular weight excluding hydrogens is 318 g/mol. The summed E-state index contributed by atoms with van der Waals surface area (Å²) in [5, 5.41) is 3.52. The van der Waals surface area contributed by atoms with Crippen molar-refractivity contribution >= 4 is 21.6 Å². The highest BCUT2D eigenvalue weighted by Crippen LogP contribution is 2.31. The molecule has 2 aromatic rings. The van der Waals surface area contributed by atoms with Gasteiger partial charge in [0.1, 0.15) is 4.60 Å². The lowest BCUT2D eigenvalue weighted by atomic mass is 9.91. The smallest absolute Gasteiger partial charge is 0.248 e. The van der Waals surface area contributed by atoms with Crippen molar-refractivity contribution in [2.24, 2.45) is 0 Å². The molecule has 5 heteroatoms. The number of hydrogen-bond acceptors (Lipinski definition) is 3. The predicted octanol–water partition coefficient (Wildman–Crippen LogP) is 3.33. The molecule has 1 aliphatic rings. The first-order valence-electron chi connectivity index (χ1n) is 6.74. The number of rotatable bonds is 2. The van der Waals surface area contributed by atoms with Gasteiger partial charge in [0.2, 0.25) is 5.56 Å². The molecule has 0 aliphatic heterocycles. The number of nitrogens with zero attached hydrogens (tertiary/aromatic N) is 1. The molecule has 0 saturated heterocycles. The van der Waals surface area contributed by atoms with E-state index in [0.717, 1.165) is 40.8 Å². The Bertz CT molecular complexity index is 696. The Morgan fingerprint density at radius 2 is 2.30 bits per heavy atom. The first kappa shape index (κ1) is 13.4. The molecule has 0 saturated carbocycles. The number of H-pyrrole nitrogens is 1. The maximum Gasteiger partial charge on any atom is 0.248 e. The summed E-state index contributed by atoms with van der Waals surface area (Å²) in [5.74, 6) is 0. The lowest BCUT2D eigenvalue weighted by molar-refractivity contribution is 0.586. The van der Waals surface area contributed by atoms with Crippen molar-refractivity contribution in [1.82, 2.24) is 9.97 Å². The van der Waals surface area contributed by atoms with Gasteiger partial charge in [-0.05, 0) is 65.4 Å². The van der Waals surface area contributed by atoms with Gasteiger partial charge in [0.15, 0.2) is 0 Å². The monoisotopic (exact) mass is 333 g/mol. The number of anilines is 1. The average molecular weight is 334 g/mol. The van der Waals surface area contributed by atoms with E-state index in [2.05, 4.69) is 37.3 Å². The first-order chi connectivity index (χ1) is 9.63. The number of aromatic amines is 1. The van der Waals surface area contributed by atoms with Gasteiger partial charge in [-0.3, -0.25) is 4.79 Å². The van der Waals surface area contributed by atoms with Crippen LogP contribution in [0.3, 0.4) is 0 Å².